The van der Waals surface area contributed by atoms with Crippen molar-refractivity contribution in [2.24, 2.45) is 0 Å². The second-order valence-electron chi connectivity index (χ2n) is 9.63. The lowest BCUT2D eigenvalue weighted by Crippen LogP contribution is -2.48. The molecule has 4 heterocycles. The summed E-state index contributed by atoms with van der Waals surface area (Å²) in [5.41, 5.74) is 3.32. The van der Waals surface area contributed by atoms with Gasteiger partial charge in [-0.2, -0.15) is 10.1 Å². The fourth-order valence-corrected chi connectivity index (χ4v) is 4.97. The van der Waals surface area contributed by atoms with E-state index < -0.39 is 0 Å². The van der Waals surface area contributed by atoms with Gasteiger partial charge in [0.1, 0.15) is 16.9 Å². The van der Waals surface area contributed by atoms with Crippen molar-refractivity contribution in [3.8, 4) is 0 Å². The van der Waals surface area contributed by atoms with Crippen LogP contribution in [0.5, 0.6) is 0 Å². The standard InChI is InChI=1S/C27H33FN8O/c1-5-22(6-2)36-25-24(16-30-36)32-27(35-11-9-34(10-12-35)18(4)37)33-26(25)31-17(3)20-13-19-14-21(28)7-8-23(19)29-15-20/h7-8,13-17,22H,5-6,9-12H2,1-4H3,(H,31,32,33)/t17-/m1/s1. The summed E-state index contributed by atoms with van der Waals surface area (Å²) in [7, 11) is 0. The SMILES string of the molecule is CCC(CC)n1ncc2nc(N3CCN(C(C)=O)CC3)nc(N[C@H](C)c3cnc4ccc(F)cc4c3)c21. The first kappa shape index (κ1) is 24.9. The van der Waals surface area contributed by atoms with Crippen LogP contribution < -0.4 is 10.2 Å². The Hall–Kier alpha value is -3.82. The first-order valence-corrected chi connectivity index (χ1v) is 12.9. The number of piperazine rings is 1. The maximum absolute atomic E-state index is 13.8. The number of nitrogens with zero attached hydrogens (tertiary/aromatic N) is 7. The molecule has 1 aliphatic rings. The van der Waals surface area contributed by atoms with Crippen LogP contribution in [0, 0.1) is 5.82 Å². The average Bonchev–Trinajstić information content (AvgIpc) is 3.33. The molecule has 0 saturated carbocycles. The Bertz CT molecular complexity index is 1420. The molecule has 0 radical (unpaired) electrons. The Balaban J connectivity index is 1.52. The van der Waals surface area contributed by atoms with E-state index in [0.29, 0.717) is 37.9 Å². The summed E-state index contributed by atoms with van der Waals surface area (Å²) in [4.78, 5) is 30.1. The van der Waals surface area contributed by atoms with E-state index >= 15 is 0 Å². The molecule has 1 saturated heterocycles. The molecule has 0 bridgehead atoms. The number of amides is 1. The number of anilines is 2. The summed E-state index contributed by atoms with van der Waals surface area (Å²) < 4.78 is 15.9. The van der Waals surface area contributed by atoms with Crippen LogP contribution in [0.2, 0.25) is 0 Å². The van der Waals surface area contributed by atoms with Gasteiger partial charge in [-0.05, 0) is 49.6 Å². The van der Waals surface area contributed by atoms with Crippen LogP contribution in [0.1, 0.15) is 58.2 Å². The Kier molecular flexibility index (Phi) is 6.90. The number of hydrogen-bond donors (Lipinski definition) is 1. The van der Waals surface area contributed by atoms with Crippen molar-refractivity contribution < 1.29 is 9.18 Å². The normalized spacial score (nSPS) is 15.1. The zero-order valence-electron chi connectivity index (χ0n) is 21.8. The van der Waals surface area contributed by atoms with Gasteiger partial charge in [0, 0.05) is 44.7 Å². The number of rotatable bonds is 7. The van der Waals surface area contributed by atoms with Gasteiger partial charge in [0.05, 0.1) is 23.8 Å². The van der Waals surface area contributed by atoms with Crippen molar-refractivity contribution in [3.05, 3.63) is 48.0 Å². The van der Waals surface area contributed by atoms with Gasteiger partial charge in [-0.1, -0.05) is 13.8 Å². The van der Waals surface area contributed by atoms with E-state index in [0.717, 1.165) is 40.3 Å². The lowest BCUT2D eigenvalue weighted by atomic mass is 10.1. The van der Waals surface area contributed by atoms with E-state index in [9.17, 15) is 9.18 Å². The van der Waals surface area contributed by atoms with Crippen molar-refractivity contribution in [2.75, 3.05) is 36.4 Å². The first-order chi connectivity index (χ1) is 17.9. The maximum atomic E-state index is 13.8. The number of pyridine rings is 1. The third kappa shape index (κ3) is 4.92. The van der Waals surface area contributed by atoms with Gasteiger partial charge >= 0.3 is 0 Å². The highest BCUT2D eigenvalue weighted by atomic mass is 19.1. The van der Waals surface area contributed by atoms with Gasteiger partial charge in [-0.3, -0.25) is 14.5 Å². The molecule has 10 heteroatoms. The molecular formula is C27H33FN8O. The van der Waals surface area contributed by atoms with Crippen LogP contribution >= 0.6 is 0 Å². The maximum Gasteiger partial charge on any atom is 0.228 e. The number of halogens is 1. The molecule has 1 aromatic carbocycles. The second-order valence-corrected chi connectivity index (χ2v) is 9.63. The van der Waals surface area contributed by atoms with Crippen molar-refractivity contribution in [2.45, 2.75) is 52.6 Å². The molecule has 9 nitrogen and oxygen atoms in total. The van der Waals surface area contributed by atoms with E-state index in [1.807, 2.05) is 28.8 Å². The topological polar surface area (TPSA) is 92.1 Å². The number of hydrogen-bond acceptors (Lipinski definition) is 7. The fraction of sp³-hybridized carbons (Fsp3) is 0.444. The molecule has 194 valence electrons. The van der Waals surface area contributed by atoms with E-state index in [1.54, 1.807) is 19.2 Å². The van der Waals surface area contributed by atoms with Crippen molar-refractivity contribution in [1.29, 1.82) is 0 Å². The van der Waals surface area contributed by atoms with Crippen LogP contribution in [0.15, 0.2) is 36.7 Å². The molecule has 1 N–H and O–H groups in total. The van der Waals surface area contributed by atoms with Gasteiger partial charge in [0.2, 0.25) is 11.9 Å². The number of aromatic nitrogens is 5. The van der Waals surface area contributed by atoms with E-state index in [2.05, 4.69) is 29.0 Å². The van der Waals surface area contributed by atoms with Gasteiger partial charge in [-0.25, -0.2) is 9.37 Å². The molecule has 0 aliphatic carbocycles. The minimum absolute atomic E-state index is 0.0857. The Morgan fingerprint density at radius 1 is 1.05 bits per heavy atom. The number of benzene rings is 1. The molecule has 1 amide bonds. The van der Waals surface area contributed by atoms with Gasteiger partial charge in [-0.15, -0.1) is 0 Å². The largest absolute Gasteiger partial charge is 0.362 e. The van der Waals surface area contributed by atoms with Crippen LogP contribution in [0.3, 0.4) is 0 Å². The number of carbonyl (C=O) groups excluding carboxylic acids is 1. The summed E-state index contributed by atoms with van der Waals surface area (Å²) >= 11 is 0. The highest BCUT2D eigenvalue weighted by molar-refractivity contribution is 5.87. The van der Waals surface area contributed by atoms with Crippen molar-refractivity contribution >= 4 is 39.6 Å². The molecule has 1 aliphatic heterocycles. The quantitative estimate of drug-likeness (QED) is 0.389. The number of fused-ring (bicyclic) bond motifs is 2. The molecule has 0 spiro atoms. The summed E-state index contributed by atoms with van der Waals surface area (Å²) in [5, 5.41) is 9.03. The van der Waals surface area contributed by atoms with Crippen molar-refractivity contribution in [3.63, 3.8) is 0 Å². The third-order valence-corrected chi connectivity index (χ3v) is 7.25. The Morgan fingerprint density at radius 2 is 1.81 bits per heavy atom. The van der Waals surface area contributed by atoms with Gasteiger partial charge in [0.15, 0.2) is 5.82 Å². The molecule has 3 aromatic heterocycles. The Morgan fingerprint density at radius 3 is 2.51 bits per heavy atom. The van der Waals surface area contributed by atoms with E-state index in [1.165, 1.54) is 12.1 Å². The van der Waals surface area contributed by atoms with Crippen LogP contribution in [-0.2, 0) is 4.79 Å². The first-order valence-electron chi connectivity index (χ1n) is 12.9. The highest BCUT2D eigenvalue weighted by Crippen LogP contribution is 2.31. The summed E-state index contributed by atoms with van der Waals surface area (Å²) in [6.07, 6.45) is 5.51. The molecular weight excluding hydrogens is 471 g/mol. The van der Waals surface area contributed by atoms with Crippen LogP contribution in [-0.4, -0.2) is 61.7 Å². The lowest BCUT2D eigenvalue weighted by molar-refractivity contribution is -0.129. The monoisotopic (exact) mass is 504 g/mol. The zero-order chi connectivity index (χ0) is 26.1. The smallest absolute Gasteiger partial charge is 0.228 e. The van der Waals surface area contributed by atoms with E-state index in [4.69, 9.17) is 15.1 Å². The third-order valence-electron chi connectivity index (χ3n) is 7.25. The highest BCUT2D eigenvalue weighted by Gasteiger charge is 2.24. The predicted molar refractivity (Wildman–Crippen MR) is 143 cm³/mol. The molecule has 37 heavy (non-hydrogen) atoms. The molecule has 4 aromatic rings. The summed E-state index contributed by atoms with van der Waals surface area (Å²) in [6.45, 7) is 10.6. The van der Waals surface area contributed by atoms with Crippen molar-refractivity contribution in [1.82, 2.24) is 29.6 Å². The molecule has 1 atom stereocenters. The molecule has 0 unspecified atom stereocenters. The Labute approximate surface area is 215 Å². The lowest BCUT2D eigenvalue weighted by Gasteiger charge is -2.34. The predicted octanol–water partition coefficient (Wildman–Crippen LogP) is 4.72. The summed E-state index contributed by atoms with van der Waals surface area (Å²) in [6, 6.07) is 6.65. The van der Waals surface area contributed by atoms with Gasteiger partial charge < -0.3 is 15.1 Å². The fourth-order valence-electron chi connectivity index (χ4n) is 4.97. The summed E-state index contributed by atoms with van der Waals surface area (Å²) in [5.74, 6) is 1.12. The van der Waals surface area contributed by atoms with Crippen LogP contribution in [0.4, 0.5) is 16.2 Å². The minimum Gasteiger partial charge on any atom is -0.362 e. The van der Waals surface area contributed by atoms with Gasteiger partial charge in [0.25, 0.3) is 0 Å². The van der Waals surface area contributed by atoms with Crippen LogP contribution in [0.25, 0.3) is 21.9 Å². The second kappa shape index (κ2) is 10.3. The molecule has 5 rings (SSSR count). The minimum atomic E-state index is -0.284. The number of nitrogens with one attached hydrogen (secondary N) is 1. The molecule has 1 fully saturated rings. The average molecular weight is 505 g/mol. The van der Waals surface area contributed by atoms with E-state index in [-0.39, 0.29) is 23.8 Å². The number of carbonyl (C=O) groups is 1. The zero-order valence-corrected chi connectivity index (χ0v) is 21.8.